The molecule has 0 fully saturated rings. The molecule has 0 saturated carbocycles. The third kappa shape index (κ3) is 3.29. The molecular formula is C19H16FN3O3S. The molecule has 0 atom stereocenters. The van der Waals surface area contributed by atoms with Crippen molar-refractivity contribution in [3.63, 3.8) is 0 Å². The second-order valence-corrected chi connectivity index (χ2v) is 8.28. The van der Waals surface area contributed by atoms with E-state index in [1.54, 1.807) is 24.4 Å². The highest BCUT2D eigenvalue weighted by atomic mass is 32.2. The molecule has 138 valence electrons. The van der Waals surface area contributed by atoms with Crippen LogP contribution in [0.25, 0.3) is 10.9 Å². The van der Waals surface area contributed by atoms with E-state index >= 15 is 0 Å². The maximum atomic E-state index is 13.6. The van der Waals surface area contributed by atoms with E-state index in [9.17, 15) is 12.8 Å². The first-order valence-electron chi connectivity index (χ1n) is 8.30. The Bertz CT molecular complexity index is 1180. The lowest BCUT2D eigenvalue weighted by Gasteiger charge is -2.12. The predicted molar refractivity (Wildman–Crippen MR) is 101 cm³/mol. The Labute approximate surface area is 155 Å². The van der Waals surface area contributed by atoms with Crippen molar-refractivity contribution in [2.24, 2.45) is 4.99 Å². The summed E-state index contributed by atoms with van der Waals surface area (Å²) < 4.78 is 38.1. The van der Waals surface area contributed by atoms with Crippen molar-refractivity contribution < 1.29 is 17.9 Å². The first kappa shape index (κ1) is 17.6. The molecule has 0 radical (unpaired) electrons. The molecule has 2 N–H and O–H groups in total. The summed E-state index contributed by atoms with van der Waals surface area (Å²) in [6.45, 7) is 0.00869. The molecule has 3 aromatic rings. The molecule has 0 aliphatic carbocycles. The van der Waals surface area contributed by atoms with Crippen molar-refractivity contribution in [1.29, 1.82) is 0 Å². The van der Waals surface area contributed by atoms with E-state index in [0.29, 0.717) is 34.5 Å². The van der Waals surface area contributed by atoms with E-state index in [-0.39, 0.29) is 16.5 Å². The molecule has 0 amide bonds. The van der Waals surface area contributed by atoms with Gasteiger partial charge in [-0.25, -0.2) is 12.8 Å². The van der Waals surface area contributed by atoms with Crippen molar-refractivity contribution in [2.45, 2.75) is 11.4 Å². The number of amidine groups is 1. The van der Waals surface area contributed by atoms with Crippen molar-refractivity contribution in [2.75, 3.05) is 17.7 Å². The molecule has 8 heteroatoms. The Balaban J connectivity index is 1.76. The predicted octanol–water partition coefficient (Wildman–Crippen LogP) is 2.51. The highest BCUT2D eigenvalue weighted by Gasteiger charge is 2.19. The third-order valence-corrected chi connectivity index (χ3v) is 6.11. The lowest BCUT2D eigenvalue weighted by Crippen LogP contribution is -2.13. The number of sulfone groups is 1. The number of nitrogens with one attached hydrogen (secondary N) is 1. The number of nitrogens with zero attached hydrogens (tertiary/aromatic N) is 2. The quantitative estimate of drug-likeness (QED) is 0.720. The van der Waals surface area contributed by atoms with Crippen LogP contribution in [0, 0.1) is 5.82 Å². The summed E-state index contributed by atoms with van der Waals surface area (Å²) in [4.78, 5) is 8.79. The van der Waals surface area contributed by atoms with Crippen molar-refractivity contribution in [3.8, 4) is 0 Å². The molecule has 0 saturated heterocycles. The minimum Gasteiger partial charge on any atom is -0.395 e. The zero-order valence-corrected chi connectivity index (χ0v) is 15.0. The molecule has 1 aromatic heterocycles. The number of benzene rings is 2. The van der Waals surface area contributed by atoms with Gasteiger partial charge in [0, 0.05) is 17.1 Å². The number of halogens is 1. The van der Waals surface area contributed by atoms with Gasteiger partial charge < -0.3 is 10.4 Å². The van der Waals surface area contributed by atoms with Crippen LogP contribution in [0.1, 0.15) is 11.1 Å². The molecule has 1 aliphatic rings. The smallest absolute Gasteiger partial charge is 0.180 e. The minimum atomic E-state index is -3.59. The number of fused-ring (bicyclic) bond motifs is 2. The zero-order valence-electron chi connectivity index (χ0n) is 14.2. The van der Waals surface area contributed by atoms with Gasteiger partial charge in [0.15, 0.2) is 9.84 Å². The van der Waals surface area contributed by atoms with E-state index < -0.39 is 16.4 Å². The van der Waals surface area contributed by atoms with E-state index in [1.807, 2.05) is 0 Å². The van der Waals surface area contributed by atoms with E-state index in [0.717, 1.165) is 5.56 Å². The molecule has 4 rings (SSSR count). The molecule has 0 bridgehead atoms. The molecule has 27 heavy (non-hydrogen) atoms. The molecule has 0 unspecified atom stereocenters. The van der Waals surface area contributed by atoms with Crippen LogP contribution in [0.5, 0.6) is 0 Å². The van der Waals surface area contributed by atoms with Gasteiger partial charge in [-0.05, 0) is 42.0 Å². The number of aromatic nitrogens is 1. The lowest BCUT2D eigenvalue weighted by molar-refractivity contribution is 0.319. The van der Waals surface area contributed by atoms with Gasteiger partial charge >= 0.3 is 0 Å². The molecule has 2 heterocycles. The van der Waals surface area contributed by atoms with Crippen molar-refractivity contribution in [1.82, 2.24) is 4.98 Å². The molecule has 6 nitrogen and oxygen atoms in total. The monoisotopic (exact) mass is 385 g/mol. The van der Waals surface area contributed by atoms with Gasteiger partial charge in [0.1, 0.15) is 11.7 Å². The van der Waals surface area contributed by atoms with Crippen LogP contribution >= 0.6 is 0 Å². The summed E-state index contributed by atoms with van der Waals surface area (Å²) in [5, 5.41) is 12.8. The van der Waals surface area contributed by atoms with Crippen LogP contribution in [0.4, 0.5) is 10.1 Å². The average molecular weight is 385 g/mol. The molecular weight excluding hydrogens is 369 g/mol. The summed E-state index contributed by atoms with van der Waals surface area (Å²) >= 11 is 0. The Kier molecular flexibility index (Phi) is 4.37. The highest BCUT2D eigenvalue weighted by Crippen LogP contribution is 2.28. The van der Waals surface area contributed by atoms with Crippen LogP contribution in [-0.4, -0.2) is 36.7 Å². The maximum Gasteiger partial charge on any atom is 0.180 e. The summed E-state index contributed by atoms with van der Waals surface area (Å²) in [6.07, 6.45) is 1.61. The fraction of sp³-hybridized carbons (Fsp3) is 0.158. The van der Waals surface area contributed by atoms with Crippen LogP contribution in [0.2, 0.25) is 0 Å². The van der Waals surface area contributed by atoms with Gasteiger partial charge in [0.25, 0.3) is 0 Å². The van der Waals surface area contributed by atoms with Crippen LogP contribution in [0.3, 0.4) is 0 Å². The second-order valence-electron chi connectivity index (χ2n) is 6.17. The zero-order chi connectivity index (χ0) is 19.0. The van der Waals surface area contributed by atoms with Gasteiger partial charge in [0.2, 0.25) is 0 Å². The highest BCUT2D eigenvalue weighted by molar-refractivity contribution is 7.91. The number of anilines is 1. The van der Waals surface area contributed by atoms with Gasteiger partial charge in [-0.3, -0.25) is 9.98 Å². The van der Waals surface area contributed by atoms with E-state index in [2.05, 4.69) is 15.3 Å². The molecule has 0 spiro atoms. The summed E-state index contributed by atoms with van der Waals surface area (Å²) in [5.41, 5.74) is 2.84. The Morgan fingerprint density at radius 3 is 2.81 bits per heavy atom. The number of hydrogen-bond acceptors (Lipinski definition) is 6. The first-order valence-corrected chi connectivity index (χ1v) is 9.96. The minimum absolute atomic E-state index is 0.111. The van der Waals surface area contributed by atoms with Crippen molar-refractivity contribution >= 4 is 32.3 Å². The first-order chi connectivity index (χ1) is 13.0. The van der Waals surface area contributed by atoms with Crippen LogP contribution in [0.15, 0.2) is 58.5 Å². The van der Waals surface area contributed by atoms with Gasteiger partial charge in [-0.1, -0.05) is 6.07 Å². The number of pyridine rings is 1. The number of rotatable bonds is 4. The largest absolute Gasteiger partial charge is 0.395 e. The number of hydrogen-bond donors (Lipinski definition) is 2. The van der Waals surface area contributed by atoms with Gasteiger partial charge in [-0.15, -0.1) is 0 Å². The van der Waals surface area contributed by atoms with E-state index in [4.69, 9.17) is 5.11 Å². The molecule has 2 aromatic carbocycles. The fourth-order valence-corrected chi connectivity index (χ4v) is 4.11. The third-order valence-electron chi connectivity index (χ3n) is 4.42. The van der Waals surface area contributed by atoms with E-state index in [1.165, 1.54) is 24.3 Å². The SMILES string of the molecule is O=S(=O)(CCO)c1ccc2nccc(NC3=NCc4ccc(F)cc43)c2c1. The summed E-state index contributed by atoms with van der Waals surface area (Å²) in [5.74, 6) is -0.163. The van der Waals surface area contributed by atoms with Crippen LogP contribution in [-0.2, 0) is 16.4 Å². The van der Waals surface area contributed by atoms with Gasteiger partial charge in [-0.2, -0.15) is 0 Å². The van der Waals surface area contributed by atoms with Crippen LogP contribution < -0.4 is 5.32 Å². The lowest BCUT2D eigenvalue weighted by atomic mass is 10.1. The standard InChI is InChI=1S/C19H16FN3O3S/c20-13-2-1-12-11-22-19(15(12)9-13)23-18-5-6-21-17-4-3-14(10-16(17)18)27(25,26)8-7-24/h1-6,9-10,24H,7-8,11H2,(H,21,22,23). The number of aliphatic hydroxyl groups excluding tert-OH is 1. The second kappa shape index (κ2) is 6.71. The normalized spacial score (nSPS) is 13.5. The summed E-state index contributed by atoms with van der Waals surface area (Å²) in [6, 6.07) is 10.9. The molecule has 1 aliphatic heterocycles. The fourth-order valence-electron chi connectivity index (χ4n) is 3.06. The maximum absolute atomic E-state index is 13.6. The number of aliphatic imine (C=N–C) groups is 1. The summed E-state index contributed by atoms with van der Waals surface area (Å²) in [7, 11) is -3.59. The average Bonchev–Trinajstić information content (AvgIpc) is 3.03. The number of aliphatic hydroxyl groups is 1. The Morgan fingerprint density at radius 2 is 2.00 bits per heavy atom. The Hall–Kier alpha value is -2.84. The van der Waals surface area contributed by atoms with Crippen molar-refractivity contribution in [3.05, 3.63) is 65.6 Å². The Morgan fingerprint density at radius 1 is 1.15 bits per heavy atom. The topological polar surface area (TPSA) is 91.7 Å². The van der Waals surface area contributed by atoms with Gasteiger partial charge in [0.05, 0.1) is 35.0 Å².